The molecule has 1 fully saturated rings. The third-order valence-electron chi connectivity index (χ3n) is 3.34. The highest BCUT2D eigenvalue weighted by Crippen LogP contribution is 2.29. The maximum atomic E-state index is 10.9. The molecule has 1 aromatic rings. The van der Waals surface area contributed by atoms with Gasteiger partial charge in [-0.2, -0.15) is 0 Å². The number of carbonyl (C=O) groups excluding carboxylic acids is 1. The highest BCUT2D eigenvalue weighted by Gasteiger charge is 2.21. The van der Waals surface area contributed by atoms with E-state index in [1.807, 2.05) is 4.68 Å². The number of hydrogen-bond acceptors (Lipinski definition) is 3. The lowest BCUT2D eigenvalue weighted by molar-refractivity contribution is 0.111. The van der Waals surface area contributed by atoms with Crippen LogP contribution in [0.1, 0.15) is 67.7 Å². The van der Waals surface area contributed by atoms with Gasteiger partial charge in [0.2, 0.25) is 0 Å². The van der Waals surface area contributed by atoms with Crippen molar-refractivity contribution in [3.05, 3.63) is 11.4 Å². The molecule has 4 nitrogen and oxygen atoms in total. The van der Waals surface area contributed by atoms with E-state index in [9.17, 15) is 4.79 Å². The van der Waals surface area contributed by atoms with Crippen LogP contribution in [0.4, 0.5) is 0 Å². The van der Waals surface area contributed by atoms with Gasteiger partial charge in [-0.15, -0.1) is 5.10 Å². The van der Waals surface area contributed by atoms with Crippen molar-refractivity contribution in [3.8, 4) is 0 Å². The second kappa shape index (κ2) is 5.23. The van der Waals surface area contributed by atoms with Gasteiger partial charge in [0.15, 0.2) is 6.29 Å². The minimum atomic E-state index is 0.469. The van der Waals surface area contributed by atoms with E-state index in [1.165, 1.54) is 32.1 Å². The minimum absolute atomic E-state index is 0.469. The van der Waals surface area contributed by atoms with Crippen LogP contribution in [0.5, 0.6) is 0 Å². The maximum absolute atomic E-state index is 10.9. The van der Waals surface area contributed by atoms with Crippen LogP contribution in [0.3, 0.4) is 0 Å². The molecular weight excluding hydrogens is 202 g/mol. The van der Waals surface area contributed by atoms with Crippen molar-refractivity contribution in [2.45, 2.75) is 57.9 Å². The zero-order valence-electron chi connectivity index (χ0n) is 9.85. The minimum Gasteiger partial charge on any atom is -0.296 e. The Kier molecular flexibility index (Phi) is 3.70. The third kappa shape index (κ3) is 2.15. The summed E-state index contributed by atoms with van der Waals surface area (Å²) in [6, 6.07) is 0.469. The van der Waals surface area contributed by atoms with Crippen LogP contribution < -0.4 is 0 Å². The molecule has 0 spiro atoms. The molecule has 0 saturated heterocycles. The number of carbonyl (C=O) groups is 1. The Morgan fingerprint density at radius 1 is 1.38 bits per heavy atom. The van der Waals surface area contributed by atoms with Crippen molar-refractivity contribution in [2.24, 2.45) is 0 Å². The van der Waals surface area contributed by atoms with E-state index in [0.717, 1.165) is 24.8 Å². The lowest BCUT2D eigenvalue weighted by atomic mass is 9.95. The first-order valence-electron chi connectivity index (χ1n) is 6.26. The largest absolute Gasteiger partial charge is 0.296 e. The summed E-state index contributed by atoms with van der Waals surface area (Å²) in [5.41, 5.74) is 1.57. The van der Waals surface area contributed by atoms with Crippen molar-refractivity contribution in [3.63, 3.8) is 0 Å². The van der Waals surface area contributed by atoms with Crippen molar-refractivity contribution in [2.75, 3.05) is 0 Å². The number of aromatic nitrogens is 3. The Morgan fingerprint density at radius 3 is 2.75 bits per heavy atom. The molecule has 0 aromatic carbocycles. The van der Waals surface area contributed by atoms with Crippen LogP contribution in [-0.4, -0.2) is 21.3 Å². The zero-order valence-corrected chi connectivity index (χ0v) is 9.85. The van der Waals surface area contributed by atoms with E-state index in [1.54, 1.807) is 0 Å². The summed E-state index contributed by atoms with van der Waals surface area (Å²) in [4.78, 5) is 10.9. The van der Waals surface area contributed by atoms with Gasteiger partial charge in [0.25, 0.3) is 0 Å². The van der Waals surface area contributed by atoms with Crippen molar-refractivity contribution in [1.82, 2.24) is 15.0 Å². The Balaban J connectivity index is 2.24. The topological polar surface area (TPSA) is 47.8 Å². The number of aldehydes is 1. The molecule has 0 unspecified atom stereocenters. The van der Waals surface area contributed by atoms with E-state index >= 15 is 0 Å². The van der Waals surface area contributed by atoms with E-state index < -0.39 is 0 Å². The number of nitrogens with zero attached hydrogens (tertiary/aromatic N) is 3. The van der Waals surface area contributed by atoms with Crippen molar-refractivity contribution < 1.29 is 4.79 Å². The average molecular weight is 221 g/mol. The molecule has 0 bridgehead atoms. The summed E-state index contributed by atoms with van der Waals surface area (Å²) >= 11 is 0. The average Bonchev–Trinajstić information content (AvgIpc) is 2.74. The standard InChI is InChI=1S/C12H19N3O/c1-2-6-12-11(9-16)13-14-15(12)10-7-4-3-5-8-10/h9-10H,2-8H2,1H3. The van der Waals surface area contributed by atoms with Gasteiger partial charge in [0.05, 0.1) is 11.7 Å². The van der Waals surface area contributed by atoms with Gasteiger partial charge in [0, 0.05) is 0 Å². The monoisotopic (exact) mass is 221 g/mol. The summed E-state index contributed by atoms with van der Waals surface area (Å²) in [6.45, 7) is 2.12. The first-order chi connectivity index (χ1) is 7.86. The summed E-state index contributed by atoms with van der Waals surface area (Å²) in [5, 5.41) is 8.14. The van der Waals surface area contributed by atoms with Crippen LogP contribution in [0.15, 0.2) is 0 Å². The van der Waals surface area contributed by atoms with Gasteiger partial charge in [-0.05, 0) is 19.3 Å². The Labute approximate surface area is 96.0 Å². The second-order valence-electron chi connectivity index (χ2n) is 4.53. The quantitative estimate of drug-likeness (QED) is 0.734. The Morgan fingerprint density at radius 2 is 2.12 bits per heavy atom. The molecule has 1 aliphatic carbocycles. The van der Waals surface area contributed by atoms with Crippen LogP contribution in [-0.2, 0) is 6.42 Å². The van der Waals surface area contributed by atoms with E-state index in [2.05, 4.69) is 17.2 Å². The molecule has 1 aromatic heterocycles. The molecule has 4 heteroatoms. The molecular formula is C12H19N3O. The van der Waals surface area contributed by atoms with E-state index in [0.29, 0.717) is 11.7 Å². The van der Waals surface area contributed by atoms with Gasteiger partial charge in [-0.3, -0.25) is 4.79 Å². The van der Waals surface area contributed by atoms with Gasteiger partial charge in [-0.1, -0.05) is 37.8 Å². The fourth-order valence-electron chi connectivity index (χ4n) is 2.52. The molecule has 1 heterocycles. The zero-order chi connectivity index (χ0) is 11.4. The first kappa shape index (κ1) is 11.3. The van der Waals surface area contributed by atoms with E-state index in [4.69, 9.17) is 0 Å². The lowest BCUT2D eigenvalue weighted by Crippen LogP contribution is -2.17. The molecule has 0 radical (unpaired) electrons. The summed E-state index contributed by atoms with van der Waals surface area (Å²) in [5.74, 6) is 0. The third-order valence-corrected chi connectivity index (χ3v) is 3.34. The Bertz CT molecular complexity index is 353. The second-order valence-corrected chi connectivity index (χ2v) is 4.53. The van der Waals surface area contributed by atoms with E-state index in [-0.39, 0.29) is 0 Å². The Hall–Kier alpha value is -1.19. The molecule has 0 N–H and O–H groups in total. The fourth-order valence-corrected chi connectivity index (χ4v) is 2.52. The molecule has 16 heavy (non-hydrogen) atoms. The van der Waals surface area contributed by atoms with Gasteiger partial charge in [-0.25, -0.2) is 4.68 Å². The number of hydrogen-bond donors (Lipinski definition) is 0. The van der Waals surface area contributed by atoms with Crippen LogP contribution in [0, 0.1) is 0 Å². The molecule has 0 aliphatic heterocycles. The normalized spacial score (nSPS) is 17.6. The molecule has 88 valence electrons. The van der Waals surface area contributed by atoms with Crippen LogP contribution in [0.25, 0.3) is 0 Å². The summed E-state index contributed by atoms with van der Waals surface area (Å²) < 4.78 is 2.01. The SMILES string of the molecule is CCCc1c(C=O)nnn1C1CCCCC1. The molecule has 1 saturated carbocycles. The van der Waals surface area contributed by atoms with Crippen molar-refractivity contribution in [1.29, 1.82) is 0 Å². The van der Waals surface area contributed by atoms with Crippen LogP contribution >= 0.6 is 0 Å². The molecule has 0 atom stereocenters. The summed E-state index contributed by atoms with van der Waals surface area (Å²) in [7, 11) is 0. The maximum Gasteiger partial charge on any atom is 0.172 e. The highest BCUT2D eigenvalue weighted by atomic mass is 16.1. The molecule has 2 rings (SSSR count). The van der Waals surface area contributed by atoms with Crippen molar-refractivity contribution >= 4 is 6.29 Å². The molecule has 0 amide bonds. The smallest absolute Gasteiger partial charge is 0.172 e. The van der Waals surface area contributed by atoms with Gasteiger partial charge < -0.3 is 0 Å². The fraction of sp³-hybridized carbons (Fsp3) is 0.750. The molecule has 1 aliphatic rings. The lowest BCUT2D eigenvalue weighted by Gasteiger charge is -2.23. The summed E-state index contributed by atoms with van der Waals surface area (Å²) in [6.07, 6.45) is 8.99. The predicted octanol–water partition coefficient (Wildman–Crippen LogP) is 2.55. The van der Waals surface area contributed by atoms with Gasteiger partial charge in [0.1, 0.15) is 5.69 Å². The highest BCUT2D eigenvalue weighted by molar-refractivity contribution is 5.73. The predicted molar refractivity (Wildman–Crippen MR) is 61.5 cm³/mol. The van der Waals surface area contributed by atoms with Gasteiger partial charge >= 0.3 is 0 Å². The number of rotatable bonds is 4. The van der Waals surface area contributed by atoms with Crippen LogP contribution in [0.2, 0.25) is 0 Å². The first-order valence-corrected chi connectivity index (χ1v) is 6.26.